The maximum Gasteiger partial charge on any atom is 0.416 e. The van der Waals surface area contributed by atoms with Gasteiger partial charge in [-0.05, 0) is 54.8 Å². The fraction of sp³-hybridized carbons (Fsp3) is 0.286. The van der Waals surface area contributed by atoms with Gasteiger partial charge in [0, 0.05) is 12.2 Å². The molecule has 0 saturated heterocycles. The molecule has 0 spiro atoms. The van der Waals surface area contributed by atoms with Gasteiger partial charge in [-0.1, -0.05) is 0 Å². The molecule has 1 aliphatic heterocycles. The number of amides is 1. The Morgan fingerprint density at radius 1 is 1.19 bits per heavy atom. The Balaban J connectivity index is 1.58. The average Bonchev–Trinajstić information content (AvgIpc) is 3.27. The molecule has 0 saturated carbocycles. The number of fused-ring (bicyclic) bond motifs is 1. The van der Waals surface area contributed by atoms with E-state index in [9.17, 15) is 18.0 Å². The largest absolute Gasteiger partial charge is 0.497 e. The van der Waals surface area contributed by atoms with Gasteiger partial charge in [0.25, 0.3) is 0 Å². The zero-order chi connectivity index (χ0) is 22.0. The lowest BCUT2D eigenvalue weighted by molar-refractivity contribution is -0.137. The van der Waals surface area contributed by atoms with Gasteiger partial charge in [-0.3, -0.25) is 4.79 Å². The third-order valence-corrected chi connectivity index (χ3v) is 5.10. The molecule has 1 amide bonds. The van der Waals surface area contributed by atoms with Crippen molar-refractivity contribution in [2.24, 2.45) is 0 Å². The first-order valence-corrected chi connectivity index (χ1v) is 9.63. The molecule has 3 aromatic rings. The van der Waals surface area contributed by atoms with E-state index in [1.54, 1.807) is 7.11 Å². The summed E-state index contributed by atoms with van der Waals surface area (Å²) in [4.78, 5) is 18.5. The van der Waals surface area contributed by atoms with Gasteiger partial charge < -0.3 is 15.0 Å². The topological polar surface area (TPSA) is 72.3 Å². The second-order valence-electron chi connectivity index (χ2n) is 7.14. The summed E-state index contributed by atoms with van der Waals surface area (Å²) in [5.41, 5.74) is 1.44. The molecule has 2 aromatic carbocycles. The van der Waals surface area contributed by atoms with Crippen LogP contribution in [0.25, 0.3) is 5.69 Å². The first-order chi connectivity index (χ1) is 14.8. The molecule has 7 nitrogen and oxygen atoms in total. The standard InChI is InChI=1S/C21H20F3N5O2/c1-31-16-5-7-18-14(9-16)3-2-8-28(18)11-20(30)27-17-10-15(21(22,23)24)4-6-19(17)29-13-25-12-26-29/h4-7,9-10,12-13H,2-3,8,11H2,1H3,(H,27,30). The minimum atomic E-state index is -4.54. The Morgan fingerprint density at radius 3 is 2.71 bits per heavy atom. The van der Waals surface area contributed by atoms with Crippen LogP contribution in [0.5, 0.6) is 5.75 Å². The van der Waals surface area contributed by atoms with Gasteiger partial charge in [-0.15, -0.1) is 0 Å². The summed E-state index contributed by atoms with van der Waals surface area (Å²) < 4.78 is 46.2. The molecule has 162 valence electrons. The van der Waals surface area contributed by atoms with Gasteiger partial charge >= 0.3 is 6.18 Å². The van der Waals surface area contributed by atoms with Gasteiger partial charge in [0.1, 0.15) is 18.4 Å². The van der Waals surface area contributed by atoms with Crippen LogP contribution in [0.2, 0.25) is 0 Å². The lowest BCUT2D eigenvalue weighted by Gasteiger charge is -2.31. The van der Waals surface area contributed by atoms with E-state index in [1.807, 2.05) is 23.1 Å². The second kappa shape index (κ2) is 8.29. The van der Waals surface area contributed by atoms with Crippen molar-refractivity contribution < 1.29 is 22.7 Å². The van der Waals surface area contributed by atoms with Crippen molar-refractivity contribution >= 4 is 17.3 Å². The smallest absolute Gasteiger partial charge is 0.416 e. The Labute approximate surface area is 176 Å². The van der Waals surface area contributed by atoms with E-state index in [1.165, 1.54) is 23.4 Å². The van der Waals surface area contributed by atoms with Crippen molar-refractivity contribution in [3.05, 3.63) is 60.2 Å². The van der Waals surface area contributed by atoms with Crippen molar-refractivity contribution in [3.63, 3.8) is 0 Å². The number of anilines is 2. The molecule has 0 atom stereocenters. The molecule has 1 N–H and O–H groups in total. The monoisotopic (exact) mass is 431 g/mol. The van der Waals surface area contributed by atoms with Crippen LogP contribution in [0.4, 0.5) is 24.5 Å². The number of hydrogen-bond donors (Lipinski definition) is 1. The van der Waals surface area contributed by atoms with Gasteiger partial charge in [-0.2, -0.15) is 18.3 Å². The molecule has 1 aromatic heterocycles. The summed E-state index contributed by atoms with van der Waals surface area (Å²) in [5.74, 6) is 0.316. The quantitative estimate of drug-likeness (QED) is 0.667. The third-order valence-electron chi connectivity index (χ3n) is 5.10. The Kier molecular flexibility index (Phi) is 5.53. The number of benzene rings is 2. The maximum atomic E-state index is 13.2. The van der Waals surface area contributed by atoms with E-state index < -0.39 is 17.6 Å². The number of halogens is 3. The number of nitrogens with zero attached hydrogens (tertiary/aromatic N) is 4. The predicted octanol–water partition coefficient (Wildman–Crippen LogP) is 3.69. The van der Waals surface area contributed by atoms with E-state index in [4.69, 9.17) is 4.74 Å². The van der Waals surface area contributed by atoms with Crippen LogP contribution in [-0.4, -0.2) is 40.9 Å². The Hall–Kier alpha value is -3.56. The zero-order valence-electron chi connectivity index (χ0n) is 16.7. The molecule has 0 fully saturated rings. The van der Waals surface area contributed by atoms with Crippen molar-refractivity contribution in [2.45, 2.75) is 19.0 Å². The van der Waals surface area contributed by atoms with Crippen LogP contribution in [0, 0.1) is 0 Å². The van der Waals surface area contributed by atoms with Gasteiger partial charge in [-0.25, -0.2) is 9.67 Å². The Morgan fingerprint density at radius 2 is 2.00 bits per heavy atom. The van der Waals surface area contributed by atoms with Crippen LogP contribution in [0.1, 0.15) is 17.5 Å². The highest BCUT2D eigenvalue weighted by Gasteiger charge is 2.31. The van der Waals surface area contributed by atoms with Crippen molar-refractivity contribution in [3.8, 4) is 11.4 Å². The Bertz CT molecular complexity index is 1080. The molecule has 0 unspecified atom stereocenters. The summed E-state index contributed by atoms with van der Waals surface area (Å²) in [7, 11) is 1.59. The van der Waals surface area contributed by atoms with E-state index in [2.05, 4.69) is 15.4 Å². The van der Waals surface area contributed by atoms with E-state index in [-0.39, 0.29) is 12.2 Å². The molecule has 0 aliphatic carbocycles. The number of methoxy groups -OCH3 is 1. The first-order valence-electron chi connectivity index (χ1n) is 9.63. The molecular formula is C21H20F3N5O2. The number of hydrogen-bond acceptors (Lipinski definition) is 5. The van der Waals surface area contributed by atoms with Gasteiger partial charge in [0.2, 0.25) is 5.91 Å². The number of ether oxygens (including phenoxy) is 1. The number of carbonyl (C=O) groups is 1. The lowest BCUT2D eigenvalue weighted by Crippen LogP contribution is -2.37. The summed E-state index contributed by atoms with van der Waals surface area (Å²) in [6.07, 6.45) is -0.185. The molecule has 10 heteroatoms. The number of nitrogens with one attached hydrogen (secondary N) is 1. The maximum absolute atomic E-state index is 13.2. The summed E-state index contributed by atoms with van der Waals surface area (Å²) in [6.45, 7) is 0.678. The number of carbonyl (C=O) groups excluding carboxylic acids is 1. The summed E-state index contributed by atoms with van der Waals surface area (Å²) in [5, 5.41) is 6.58. The molecule has 2 heterocycles. The van der Waals surface area contributed by atoms with Crippen LogP contribution < -0.4 is 15.0 Å². The van der Waals surface area contributed by atoms with Crippen molar-refractivity contribution in [2.75, 3.05) is 30.4 Å². The molecular weight excluding hydrogens is 411 g/mol. The number of aromatic nitrogens is 3. The van der Waals surface area contributed by atoms with Crippen LogP contribution in [0.3, 0.4) is 0 Å². The summed E-state index contributed by atoms with van der Waals surface area (Å²) in [6, 6.07) is 8.77. The normalized spacial score (nSPS) is 13.6. The van der Waals surface area contributed by atoms with E-state index >= 15 is 0 Å². The van der Waals surface area contributed by atoms with Crippen molar-refractivity contribution in [1.82, 2.24) is 14.8 Å². The predicted molar refractivity (Wildman–Crippen MR) is 109 cm³/mol. The highest BCUT2D eigenvalue weighted by Crippen LogP contribution is 2.34. The highest BCUT2D eigenvalue weighted by atomic mass is 19.4. The van der Waals surface area contributed by atoms with Crippen LogP contribution in [-0.2, 0) is 17.4 Å². The lowest BCUT2D eigenvalue weighted by atomic mass is 10.0. The number of aryl methyl sites for hydroxylation is 1. The first kappa shape index (κ1) is 20.7. The highest BCUT2D eigenvalue weighted by molar-refractivity contribution is 5.96. The van der Waals surface area contributed by atoms with Gasteiger partial charge in [0.15, 0.2) is 0 Å². The second-order valence-corrected chi connectivity index (χ2v) is 7.14. The fourth-order valence-electron chi connectivity index (χ4n) is 3.65. The summed E-state index contributed by atoms with van der Waals surface area (Å²) >= 11 is 0. The van der Waals surface area contributed by atoms with Crippen LogP contribution in [0.15, 0.2) is 49.1 Å². The molecule has 0 radical (unpaired) electrons. The zero-order valence-corrected chi connectivity index (χ0v) is 16.7. The molecule has 0 bridgehead atoms. The molecule has 4 rings (SSSR count). The van der Waals surface area contributed by atoms with E-state index in [0.29, 0.717) is 12.2 Å². The van der Waals surface area contributed by atoms with E-state index in [0.717, 1.165) is 42.0 Å². The number of alkyl halides is 3. The average molecular weight is 431 g/mol. The minimum Gasteiger partial charge on any atom is -0.497 e. The van der Waals surface area contributed by atoms with Crippen LogP contribution >= 0.6 is 0 Å². The minimum absolute atomic E-state index is 0.00632. The van der Waals surface area contributed by atoms with Crippen molar-refractivity contribution in [1.29, 1.82) is 0 Å². The molecule has 31 heavy (non-hydrogen) atoms. The fourth-order valence-corrected chi connectivity index (χ4v) is 3.65. The third kappa shape index (κ3) is 4.47. The SMILES string of the molecule is COc1ccc2c(c1)CCCN2CC(=O)Nc1cc(C(F)(F)F)ccc1-n1cncn1. The number of rotatable bonds is 5. The van der Waals surface area contributed by atoms with Gasteiger partial charge in [0.05, 0.1) is 30.6 Å². The molecule has 1 aliphatic rings.